The van der Waals surface area contributed by atoms with Gasteiger partial charge in [0, 0.05) is 26.2 Å². The Balaban J connectivity index is 1.76. The Morgan fingerprint density at radius 2 is 1.96 bits per heavy atom. The Bertz CT molecular complexity index is 981. The van der Waals surface area contributed by atoms with Crippen molar-refractivity contribution in [1.82, 2.24) is 9.97 Å². The van der Waals surface area contributed by atoms with E-state index in [1.807, 2.05) is 6.92 Å². The molecule has 0 saturated heterocycles. The van der Waals surface area contributed by atoms with E-state index in [1.165, 1.54) is 42.5 Å². The van der Waals surface area contributed by atoms with Crippen molar-refractivity contribution in [2.45, 2.75) is 57.9 Å². The van der Waals surface area contributed by atoms with Gasteiger partial charge in [-0.2, -0.15) is 0 Å². The smallest absolute Gasteiger partial charge is 0.138 e. The normalized spacial score (nSPS) is 16.3. The molecule has 4 nitrogen and oxygen atoms in total. The molecule has 1 N–H and O–H groups in total. The summed E-state index contributed by atoms with van der Waals surface area (Å²) in [5, 5.41) is 6.81. The lowest BCUT2D eigenvalue weighted by Gasteiger charge is -2.24. The third-order valence-corrected chi connectivity index (χ3v) is 7.45. The van der Waals surface area contributed by atoms with Crippen LogP contribution in [-0.4, -0.2) is 17.1 Å². The standard InChI is InChI=1S/C22H26BrN3OS/c1-13(21-9-16(23)12-28-21)24-22-18-10-17(15-7-5-4-6-8-15)20(27-3)11-19(18)25-14(2)26-22/h9-13,15H,4-8H2,1-3H3,(H,24,25,26)/t13-/m1/s1. The van der Waals surface area contributed by atoms with E-state index in [9.17, 15) is 0 Å². The van der Waals surface area contributed by atoms with Crippen LogP contribution in [0.15, 0.2) is 28.1 Å². The van der Waals surface area contributed by atoms with Gasteiger partial charge in [-0.05, 0) is 66.2 Å². The number of hydrogen-bond donors (Lipinski definition) is 1. The van der Waals surface area contributed by atoms with Gasteiger partial charge in [0.1, 0.15) is 17.4 Å². The number of anilines is 1. The molecule has 4 rings (SSSR count). The van der Waals surface area contributed by atoms with Crippen LogP contribution in [0.1, 0.15) is 67.3 Å². The van der Waals surface area contributed by atoms with Gasteiger partial charge in [-0.1, -0.05) is 19.3 Å². The monoisotopic (exact) mass is 459 g/mol. The Morgan fingerprint density at radius 1 is 1.18 bits per heavy atom. The Kier molecular flexibility index (Phi) is 5.88. The predicted molar refractivity (Wildman–Crippen MR) is 121 cm³/mol. The average Bonchev–Trinajstić information content (AvgIpc) is 3.14. The second kappa shape index (κ2) is 8.37. The van der Waals surface area contributed by atoms with Crippen LogP contribution in [0.25, 0.3) is 10.9 Å². The van der Waals surface area contributed by atoms with Gasteiger partial charge < -0.3 is 10.1 Å². The van der Waals surface area contributed by atoms with Gasteiger partial charge >= 0.3 is 0 Å². The number of fused-ring (bicyclic) bond motifs is 1. The number of thiophene rings is 1. The first-order valence-electron chi connectivity index (χ1n) is 9.92. The highest BCUT2D eigenvalue weighted by atomic mass is 79.9. The number of nitrogens with one attached hydrogen (secondary N) is 1. The van der Waals surface area contributed by atoms with Crippen LogP contribution in [0.5, 0.6) is 5.75 Å². The minimum absolute atomic E-state index is 0.175. The highest BCUT2D eigenvalue weighted by Gasteiger charge is 2.22. The van der Waals surface area contributed by atoms with Gasteiger partial charge in [0.25, 0.3) is 0 Å². The number of benzene rings is 1. The van der Waals surface area contributed by atoms with E-state index in [2.05, 4.69) is 56.7 Å². The Hall–Kier alpha value is -1.66. The molecule has 0 radical (unpaired) electrons. The van der Waals surface area contributed by atoms with Crippen molar-refractivity contribution in [1.29, 1.82) is 0 Å². The van der Waals surface area contributed by atoms with Crippen LogP contribution in [-0.2, 0) is 0 Å². The lowest BCUT2D eigenvalue weighted by Crippen LogP contribution is -2.10. The predicted octanol–water partition coefficient (Wildman–Crippen LogP) is 6.99. The van der Waals surface area contributed by atoms with Crippen LogP contribution < -0.4 is 10.1 Å². The third-order valence-electron chi connectivity index (χ3n) is 5.57. The molecular weight excluding hydrogens is 434 g/mol. The molecule has 1 aliphatic carbocycles. The van der Waals surface area contributed by atoms with E-state index < -0.39 is 0 Å². The number of rotatable bonds is 5. The summed E-state index contributed by atoms with van der Waals surface area (Å²) in [6, 6.07) is 6.69. The molecule has 1 aromatic carbocycles. The Morgan fingerprint density at radius 3 is 2.64 bits per heavy atom. The largest absolute Gasteiger partial charge is 0.496 e. The molecule has 1 saturated carbocycles. The van der Waals surface area contributed by atoms with Crippen LogP contribution in [0.2, 0.25) is 0 Å². The molecule has 148 valence electrons. The highest BCUT2D eigenvalue weighted by Crippen LogP contribution is 2.40. The first kappa shape index (κ1) is 19.6. The molecule has 2 heterocycles. The van der Waals surface area contributed by atoms with Crippen molar-refractivity contribution in [2.75, 3.05) is 12.4 Å². The second-order valence-corrected chi connectivity index (χ2v) is 9.46. The number of halogens is 1. The number of hydrogen-bond acceptors (Lipinski definition) is 5. The van der Waals surface area contributed by atoms with Crippen molar-refractivity contribution in [2.24, 2.45) is 0 Å². The molecule has 1 aliphatic rings. The minimum atomic E-state index is 0.175. The van der Waals surface area contributed by atoms with Crippen molar-refractivity contribution < 1.29 is 4.74 Å². The molecule has 6 heteroatoms. The molecule has 0 amide bonds. The van der Waals surface area contributed by atoms with Gasteiger partial charge in [0.05, 0.1) is 18.7 Å². The first-order valence-corrected chi connectivity index (χ1v) is 11.6. The van der Waals surface area contributed by atoms with Crippen molar-refractivity contribution in [3.63, 3.8) is 0 Å². The fourth-order valence-corrected chi connectivity index (χ4v) is 5.59. The summed E-state index contributed by atoms with van der Waals surface area (Å²) in [7, 11) is 1.76. The molecule has 0 spiro atoms. The summed E-state index contributed by atoms with van der Waals surface area (Å²) in [6.45, 7) is 4.12. The van der Waals surface area contributed by atoms with E-state index in [0.29, 0.717) is 5.92 Å². The summed E-state index contributed by atoms with van der Waals surface area (Å²) in [6.07, 6.45) is 6.40. The molecule has 2 aromatic heterocycles. The third kappa shape index (κ3) is 4.03. The number of nitrogens with zero attached hydrogens (tertiary/aromatic N) is 2. The maximum Gasteiger partial charge on any atom is 0.138 e. The zero-order chi connectivity index (χ0) is 19.7. The first-order chi connectivity index (χ1) is 13.5. The molecule has 1 fully saturated rings. The quantitative estimate of drug-likeness (QED) is 0.446. The molecule has 3 aromatic rings. The maximum absolute atomic E-state index is 5.76. The molecular formula is C22H26BrN3OS. The van der Waals surface area contributed by atoms with E-state index in [1.54, 1.807) is 18.4 Å². The number of aromatic nitrogens is 2. The molecule has 0 aliphatic heterocycles. The SMILES string of the molecule is COc1cc2nc(C)nc(N[C@H](C)c3cc(Br)cs3)c2cc1C1CCCCC1. The van der Waals surface area contributed by atoms with Gasteiger partial charge in [-0.3, -0.25) is 0 Å². The summed E-state index contributed by atoms with van der Waals surface area (Å²) >= 11 is 5.30. The Labute approximate surface area is 178 Å². The summed E-state index contributed by atoms with van der Waals surface area (Å²) in [4.78, 5) is 10.7. The highest BCUT2D eigenvalue weighted by molar-refractivity contribution is 9.10. The van der Waals surface area contributed by atoms with Gasteiger partial charge in [0.15, 0.2) is 0 Å². The van der Waals surface area contributed by atoms with Gasteiger partial charge in [-0.25, -0.2) is 9.97 Å². The van der Waals surface area contributed by atoms with Gasteiger partial charge in [0.2, 0.25) is 0 Å². The van der Waals surface area contributed by atoms with Crippen molar-refractivity contribution in [3.05, 3.63) is 44.3 Å². The summed E-state index contributed by atoms with van der Waals surface area (Å²) < 4.78 is 6.87. The maximum atomic E-state index is 5.76. The van der Waals surface area contributed by atoms with Gasteiger partial charge in [-0.15, -0.1) is 11.3 Å². The van der Waals surface area contributed by atoms with E-state index in [4.69, 9.17) is 9.72 Å². The lowest BCUT2D eigenvalue weighted by atomic mass is 9.83. The van der Waals surface area contributed by atoms with Crippen LogP contribution in [0.3, 0.4) is 0 Å². The van der Waals surface area contributed by atoms with E-state index in [0.717, 1.165) is 32.8 Å². The zero-order valence-electron chi connectivity index (χ0n) is 16.6. The molecule has 0 bridgehead atoms. The number of methoxy groups -OCH3 is 1. The van der Waals surface area contributed by atoms with E-state index >= 15 is 0 Å². The summed E-state index contributed by atoms with van der Waals surface area (Å²) in [5.41, 5.74) is 2.24. The van der Waals surface area contributed by atoms with Crippen LogP contribution in [0.4, 0.5) is 5.82 Å². The second-order valence-electron chi connectivity index (χ2n) is 7.60. The number of aryl methyl sites for hydroxylation is 1. The molecule has 1 atom stereocenters. The number of ether oxygens (including phenoxy) is 1. The fraction of sp³-hybridized carbons (Fsp3) is 0.455. The lowest BCUT2D eigenvalue weighted by molar-refractivity contribution is 0.388. The molecule has 28 heavy (non-hydrogen) atoms. The van der Waals surface area contributed by atoms with Crippen LogP contribution in [0, 0.1) is 6.92 Å². The minimum Gasteiger partial charge on any atom is -0.496 e. The summed E-state index contributed by atoms with van der Waals surface area (Å²) in [5.74, 6) is 3.19. The zero-order valence-corrected chi connectivity index (χ0v) is 19.0. The van der Waals surface area contributed by atoms with Crippen LogP contribution >= 0.6 is 27.3 Å². The topological polar surface area (TPSA) is 47.0 Å². The van der Waals surface area contributed by atoms with E-state index in [-0.39, 0.29) is 6.04 Å². The fourth-order valence-electron chi connectivity index (χ4n) is 4.14. The van der Waals surface area contributed by atoms with Crippen molar-refractivity contribution >= 4 is 44.0 Å². The molecule has 0 unspecified atom stereocenters. The van der Waals surface area contributed by atoms with Crippen molar-refractivity contribution in [3.8, 4) is 5.75 Å². The average molecular weight is 460 g/mol.